The summed E-state index contributed by atoms with van der Waals surface area (Å²) in [6, 6.07) is 10.8. The predicted octanol–water partition coefficient (Wildman–Crippen LogP) is 2.23. The minimum absolute atomic E-state index is 0.0626. The molecular formula is C19H19FN4O2. The molecule has 7 heteroatoms. The van der Waals surface area contributed by atoms with Gasteiger partial charge < -0.3 is 10.5 Å². The van der Waals surface area contributed by atoms with Crippen LogP contribution in [-0.4, -0.2) is 27.9 Å². The van der Waals surface area contributed by atoms with Crippen LogP contribution in [0.3, 0.4) is 0 Å². The molecule has 0 spiro atoms. The second-order valence-corrected chi connectivity index (χ2v) is 5.75. The molecule has 6 nitrogen and oxygen atoms in total. The first-order valence-electron chi connectivity index (χ1n) is 8.22. The fraction of sp³-hybridized carbons (Fsp3) is 0.211. The Bertz CT molecular complexity index is 970. The van der Waals surface area contributed by atoms with Crippen molar-refractivity contribution in [1.82, 2.24) is 14.8 Å². The number of aromatic nitrogens is 3. The molecule has 0 aliphatic rings. The van der Waals surface area contributed by atoms with E-state index in [0.29, 0.717) is 41.4 Å². The largest absolute Gasteiger partial charge is 0.489 e. The Morgan fingerprint density at radius 3 is 2.92 bits per heavy atom. The Labute approximate surface area is 149 Å². The molecule has 26 heavy (non-hydrogen) atoms. The summed E-state index contributed by atoms with van der Waals surface area (Å²) >= 11 is 0. The molecule has 0 aliphatic carbocycles. The van der Waals surface area contributed by atoms with Gasteiger partial charge in [0.05, 0.1) is 24.5 Å². The van der Waals surface area contributed by atoms with Gasteiger partial charge in [0.2, 0.25) is 0 Å². The highest BCUT2D eigenvalue weighted by molar-refractivity contribution is 5.82. The molecule has 0 fully saturated rings. The fourth-order valence-electron chi connectivity index (χ4n) is 2.49. The van der Waals surface area contributed by atoms with Crippen molar-refractivity contribution >= 4 is 10.8 Å². The van der Waals surface area contributed by atoms with Gasteiger partial charge in [-0.1, -0.05) is 6.07 Å². The molecule has 0 saturated carbocycles. The monoisotopic (exact) mass is 354 g/mol. The number of rotatable bonds is 7. The predicted molar refractivity (Wildman–Crippen MR) is 97.7 cm³/mol. The summed E-state index contributed by atoms with van der Waals surface area (Å²) in [5.41, 5.74) is 6.49. The van der Waals surface area contributed by atoms with Gasteiger partial charge >= 0.3 is 0 Å². The van der Waals surface area contributed by atoms with Crippen molar-refractivity contribution < 1.29 is 9.13 Å². The van der Waals surface area contributed by atoms with Crippen molar-refractivity contribution in [3.05, 3.63) is 76.7 Å². The van der Waals surface area contributed by atoms with E-state index < -0.39 is 0 Å². The van der Waals surface area contributed by atoms with Gasteiger partial charge in [0.1, 0.15) is 12.4 Å². The van der Waals surface area contributed by atoms with Crippen molar-refractivity contribution in [3.8, 4) is 5.75 Å². The summed E-state index contributed by atoms with van der Waals surface area (Å²) in [5, 5.41) is 5.44. The number of pyridine rings is 1. The third-order valence-electron chi connectivity index (χ3n) is 3.97. The number of nitrogens with zero attached hydrogens (tertiary/aromatic N) is 3. The highest BCUT2D eigenvalue weighted by atomic mass is 19.1. The van der Waals surface area contributed by atoms with Crippen LogP contribution < -0.4 is 16.0 Å². The van der Waals surface area contributed by atoms with Crippen LogP contribution in [0.1, 0.15) is 5.69 Å². The lowest BCUT2D eigenvalue weighted by atomic mass is 10.2. The SMILES string of the molecule is NCC(=CF)COc1ccc2c(=O)n(CCc3ccccn3)ncc2c1. The number of ether oxygens (including phenoxy) is 1. The second-order valence-electron chi connectivity index (χ2n) is 5.75. The number of fused-ring (bicyclic) bond motifs is 1. The van der Waals surface area contributed by atoms with Crippen molar-refractivity contribution in [3.63, 3.8) is 0 Å². The van der Waals surface area contributed by atoms with Crippen LogP contribution in [0.2, 0.25) is 0 Å². The van der Waals surface area contributed by atoms with Gasteiger partial charge in [0.25, 0.3) is 5.56 Å². The van der Waals surface area contributed by atoms with Gasteiger partial charge in [-0.05, 0) is 30.3 Å². The van der Waals surface area contributed by atoms with Crippen LogP contribution >= 0.6 is 0 Å². The zero-order valence-electron chi connectivity index (χ0n) is 14.1. The maximum absolute atomic E-state index is 12.6. The van der Waals surface area contributed by atoms with Crippen LogP contribution in [0.4, 0.5) is 4.39 Å². The number of hydrogen-bond acceptors (Lipinski definition) is 5. The minimum atomic E-state index is -0.170. The average molecular weight is 354 g/mol. The van der Waals surface area contributed by atoms with E-state index in [1.165, 1.54) is 4.68 Å². The van der Waals surface area contributed by atoms with Crippen molar-refractivity contribution in [2.75, 3.05) is 13.2 Å². The molecule has 0 saturated heterocycles. The lowest BCUT2D eigenvalue weighted by Crippen LogP contribution is -2.23. The van der Waals surface area contributed by atoms with Gasteiger partial charge in [-0.15, -0.1) is 0 Å². The number of benzene rings is 1. The Kier molecular flexibility index (Phi) is 5.70. The van der Waals surface area contributed by atoms with E-state index in [-0.39, 0.29) is 18.7 Å². The van der Waals surface area contributed by atoms with Gasteiger partial charge in [-0.25, -0.2) is 9.07 Å². The minimum Gasteiger partial charge on any atom is -0.489 e. The first-order valence-corrected chi connectivity index (χ1v) is 8.22. The van der Waals surface area contributed by atoms with Gasteiger partial charge in [0.15, 0.2) is 0 Å². The average Bonchev–Trinajstić information content (AvgIpc) is 2.69. The first-order chi connectivity index (χ1) is 12.7. The molecule has 0 unspecified atom stereocenters. The van der Waals surface area contributed by atoms with Gasteiger partial charge in [-0.3, -0.25) is 9.78 Å². The molecule has 0 atom stereocenters. The van der Waals surface area contributed by atoms with E-state index in [9.17, 15) is 9.18 Å². The molecule has 2 heterocycles. The van der Waals surface area contributed by atoms with Gasteiger partial charge in [0, 0.05) is 35.8 Å². The van der Waals surface area contributed by atoms with Crippen LogP contribution in [0, 0.1) is 0 Å². The summed E-state index contributed by atoms with van der Waals surface area (Å²) in [7, 11) is 0. The Morgan fingerprint density at radius 2 is 2.19 bits per heavy atom. The Hall–Kier alpha value is -3.06. The third kappa shape index (κ3) is 4.12. The Balaban J connectivity index is 1.77. The zero-order chi connectivity index (χ0) is 18.4. The first kappa shape index (κ1) is 17.8. The molecule has 2 aromatic heterocycles. The molecule has 0 amide bonds. The van der Waals surface area contributed by atoms with E-state index in [1.54, 1.807) is 30.6 Å². The van der Waals surface area contributed by atoms with Gasteiger partial charge in [-0.2, -0.15) is 5.10 Å². The molecular weight excluding hydrogens is 335 g/mol. The number of halogens is 1. The van der Waals surface area contributed by atoms with E-state index >= 15 is 0 Å². The third-order valence-corrected chi connectivity index (χ3v) is 3.97. The molecule has 0 aliphatic heterocycles. The topological polar surface area (TPSA) is 83.0 Å². The molecule has 0 radical (unpaired) electrons. The van der Waals surface area contributed by atoms with Crippen LogP contribution in [-0.2, 0) is 13.0 Å². The summed E-state index contributed by atoms with van der Waals surface area (Å²) in [5.74, 6) is 0.526. The van der Waals surface area contributed by atoms with Crippen LogP contribution in [0.15, 0.2) is 65.5 Å². The summed E-state index contributed by atoms with van der Waals surface area (Å²) in [6.45, 7) is 0.602. The maximum Gasteiger partial charge on any atom is 0.274 e. The normalized spacial score (nSPS) is 11.7. The van der Waals surface area contributed by atoms with Crippen LogP contribution in [0.5, 0.6) is 5.75 Å². The molecule has 3 rings (SSSR count). The number of nitrogens with two attached hydrogens (primary N) is 1. The maximum atomic E-state index is 12.6. The second kappa shape index (κ2) is 8.35. The summed E-state index contributed by atoms with van der Waals surface area (Å²) in [4.78, 5) is 16.8. The van der Waals surface area contributed by atoms with E-state index in [2.05, 4.69) is 10.1 Å². The smallest absolute Gasteiger partial charge is 0.274 e. The quantitative estimate of drug-likeness (QED) is 0.703. The zero-order valence-corrected chi connectivity index (χ0v) is 14.1. The van der Waals surface area contributed by atoms with Crippen molar-refractivity contribution in [2.24, 2.45) is 5.73 Å². The standard InChI is InChI=1S/C19H19FN4O2/c20-10-14(11-21)13-26-17-4-5-18-15(9-17)12-23-24(19(18)25)8-6-16-3-1-2-7-22-16/h1-5,7,9-10,12H,6,8,11,13,21H2. The lowest BCUT2D eigenvalue weighted by molar-refractivity contribution is 0.348. The van der Waals surface area contributed by atoms with E-state index in [0.717, 1.165) is 5.69 Å². The molecule has 2 N–H and O–H groups in total. The molecule has 3 aromatic rings. The molecule has 134 valence electrons. The van der Waals surface area contributed by atoms with E-state index in [1.807, 2.05) is 18.2 Å². The lowest BCUT2D eigenvalue weighted by Gasteiger charge is -2.09. The molecule has 1 aromatic carbocycles. The summed E-state index contributed by atoms with van der Waals surface area (Å²) in [6.07, 6.45) is 4.42. The van der Waals surface area contributed by atoms with E-state index in [4.69, 9.17) is 10.5 Å². The Morgan fingerprint density at radius 1 is 1.31 bits per heavy atom. The van der Waals surface area contributed by atoms with Crippen molar-refractivity contribution in [2.45, 2.75) is 13.0 Å². The number of aryl methyl sites for hydroxylation is 2. The number of hydrogen-bond donors (Lipinski definition) is 1. The highest BCUT2D eigenvalue weighted by Gasteiger charge is 2.07. The molecule has 0 bridgehead atoms. The highest BCUT2D eigenvalue weighted by Crippen LogP contribution is 2.18. The van der Waals surface area contributed by atoms with Crippen LogP contribution in [0.25, 0.3) is 10.8 Å². The summed E-state index contributed by atoms with van der Waals surface area (Å²) < 4.78 is 19.5. The fourth-order valence-corrected chi connectivity index (χ4v) is 2.49. The van der Waals surface area contributed by atoms with Crippen molar-refractivity contribution in [1.29, 1.82) is 0 Å².